The molecule has 3 rings (SSSR count). The fourth-order valence-corrected chi connectivity index (χ4v) is 3.28. The van der Waals surface area contributed by atoms with E-state index in [0.717, 1.165) is 36.4 Å². The van der Waals surface area contributed by atoms with Crippen molar-refractivity contribution in [2.24, 2.45) is 5.41 Å². The second kappa shape index (κ2) is 8.15. The second-order valence-electron chi connectivity index (χ2n) is 8.51. The Morgan fingerprint density at radius 2 is 1.75 bits per heavy atom. The van der Waals surface area contributed by atoms with E-state index in [1.807, 2.05) is 52.0 Å². The number of carbonyl (C=O) groups is 2. The van der Waals surface area contributed by atoms with E-state index in [2.05, 4.69) is 33.7 Å². The zero-order chi connectivity index (χ0) is 20.3. The summed E-state index contributed by atoms with van der Waals surface area (Å²) in [4.78, 5) is 26.8. The normalized spacial score (nSPS) is 14.3. The Morgan fingerprint density at radius 3 is 2.43 bits per heavy atom. The molecule has 2 amide bonds. The molecule has 0 saturated heterocycles. The van der Waals surface area contributed by atoms with Crippen molar-refractivity contribution in [2.75, 3.05) is 23.7 Å². The maximum Gasteiger partial charge on any atom is 0.238 e. The lowest BCUT2D eigenvalue weighted by Gasteiger charge is -2.28. The van der Waals surface area contributed by atoms with Gasteiger partial charge in [0, 0.05) is 29.9 Å². The zero-order valence-electron chi connectivity index (χ0n) is 17.1. The summed E-state index contributed by atoms with van der Waals surface area (Å²) in [5.74, 6) is -0.0528. The molecule has 2 aromatic rings. The van der Waals surface area contributed by atoms with E-state index in [0.29, 0.717) is 6.54 Å². The van der Waals surface area contributed by atoms with Crippen LogP contribution in [0, 0.1) is 12.3 Å². The van der Waals surface area contributed by atoms with Crippen LogP contribution in [0.3, 0.4) is 0 Å². The van der Waals surface area contributed by atoms with Crippen LogP contribution in [-0.2, 0) is 22.6 Å². The number of hydrogen-bond acceptors (Lipinski definition) is 3. The van der Waals surface area contributed by atoms with E-state index >= 15 is 0 Å². The number of hydrogen-bond donors (Lipinski definition) is 2. The van der Waals surface area contributed by atoms with E-state index in [1.165, 1.54) is 11.1 Å². The van der Waals surface area contributed by atoms with Gasteiger partial charge in [0.15, 0.2) is 0 Å². The van der Waals surface area contributed by atoms with Crippen LogP contribution in [0.1, 0.15) is 37.5 Å². The van der Waals surface area contributed by atoms with Gasteiger partial charge in [-0.1, -0.05) is 45.0 Å². The number of aryl methyl sites for hydroxylation is 1. The number of nitrogens with one attached hydrogen (secondary N) is 2. The molecule has 1 heterocycles. The number of carbonyl (C=O) groups excluding carboxylic acids is 2. The van der Waals surface area contributed by atoms with Crippen LogP contribution >= 0.6 is 0 Å². The Morgan fingerprint density at radius 1 is 1.04 bits per heavy atom. The van der Waals surface area contributed by atoms with Crippen LogP contribution < -0.4 is 10.6 Å². The maximum absolute atomic E-state index is 12.5. The first kappa shape index (κ1) is 20.1. The highest BCUT2D eigenvalue weighted by atomic mass is 16.2. The summed E-state index contributed by atoms with van der Waals surface area (Å²) in [7, 11) is 0. The minimum Gasteiger partial charge on any atom is -0.325 e. The first-order chi connectivity index (χ1) is 13.2. The molecule has 0 saturated carbocycles. The van der Waals surface area contributed by atoms with Crippen LogP contribution in [0.15, 0.2) is 42.5 Å². The fourth-order valence-electron chi connectivity index (χ4n) is 3.28. The number of benzene rings is 2. The van der Waals surface area contributed by atoms with Gasteiger partial charge < -0.3 is 10.6 Å². The molecule has 1 aliphatic heterocycles. The Kier molecular flexibility index (Phi) is 5.84. The average molecular weight is 380 g/mol. The van der Waals surface area contributed by atoms with Gasteiger partial charge in [0.1, 0.15) is 0 Å². The third-order valence-electron chi connectivity index (χ3n) is 5.02. The average Bonchev–Trinajstić information content (AvgIpc) is 2.63. The van der Waals surface area contributed by atoms with Crippen molar-refractivity contribution in [3.63, 3.8) is 0 Å². The van der Waals surface area contributed by atoms with Gasteiger partial charge in [-0.05, 0) is 48.2 Å². The van der Waals surface area contributed by atoms with E-state index in [4.69, 9.17) is 0 Å². The van der Waals surface area contributed by atoms with Crippen molar-refractivity contribution in [3.05, 3.63) is 59.2 Å². The monoisotopic (exact) mass is 379 g/mol. The maximum atomic E-state index is 12.5. The van der Waals surface area contributed by atoms with E-state index in [1.54, 1.807) is 0 Å². The molecule has 0 aromatic heterocycles. The summed E-state index contributed by atoms with van der Waals surface area (Å²) < 4.78 is 0. The second-order valence-corrected chi connectivity index (χ2v) is 8.51. The first-order valence-electron chi connectivity index (χ1n) is 9.73. The molecule has 5 heteroatoms. The Balaban J connectivity index is 1.57. The summed E-state index contributed by atoms with van der Waals surface area (Å²) >= 11 is 0. The van der Waals surface area contributed by atoms with Crippen molar-refractivity contribution in [3.8, 4) is 0 Å². The lowest BCUT2D eigenvalue weighted by molar-refractivity contribution is -0.123. The van der Waals surface area contributed by atoms with Crippen LogP contribution in [0.2, 0.25) is 0 Å². The predicted molar refractivity (Wildman–Crippen MR) is 113 cm³/mol. The molecule has 2 N–H and O–H groups in total. The minimum absolute atomic E-state index is 0.0229. The molecule has 0 spiro atoms. The standard InChI is InChI=1S/C23H29N3O2/c1-16-13-19(9-10-20(16)25-22(28)23(2,3)4)24-21(27)15-26-12-11-17-7-5-6-8-18(17)14-26/h5-10,13H,11-12,14-15H2,1-4H3,(H,24,27)(H,25,28). The molecule has 5 nitrogen and oxygen atoms in total. The Bertz CT molecular complexity index is 884. The van der Waals surface area contributed by atoms with Gasteiger partial charge >= 0.3 is 0 Å². The fraction of sp³-hybridized carbons (Fsp3) is 0.391. The molecule has 0 atom stereocenters. The molecule has 28 heavy (non-hydrogen) atoms. The van der Waals surface area contributed by atoms with E-state index in [9.17, 15) is 9.59 Å². The highest BCUT2D eigenvalue weighted by molar-refractivity contribution is 5.96. The van der Waals surface area contributed by atoms with Crippen molar-refractivity contribution in [1.29, 1.82) is 0 Å². The lowest BCUT2D eigenvalue weighted by atomic mass is 9.95. The minimum atomic E-state index is -0.452. The number of amides is 2. The highest BCUT2D eigenvalue weighted by Crippen LogP contribution is 2.23. The van der Waals surface area contributed by atoms with Crippen molar-refractivity contribution >= 4 is 23.2 Å². The van der Waals surface area contributed by atoms with Gasteiger partial charge in [0.2, 0.25) is 11.8 Å². The molecule has 0 unspecified atom stereocenters. The van der Waals surface area contributed by atoms with Crippen molar-refractivity contribution in [1.82, 2.24) is 4.90 Å². The third kappa shape index (κ3) is 4.98. The van der Waals surface area contributed by atoms with Gasteiger partial charge in [-0.3, -0.25) is 14.5 Å². The van der Waals surface area contributed by atoms with E-state index in [-0.39, 0.29) is 11.8 Å². The lowest BCUT2D eigenvalue weighted by Crippen LogP contribution is -2.37. The highest BCUT2D eigenvalue weighted by Gasteiger charge is 2.22. The quantitative estimate of drug-likeness (QED) is 0.845. The number of anilines is 2. The number of nitrogens with zero attached hydrogens (tertiary/aromatic N) is 1. The van der Waals surface area contributed by atoms with Gasteiger partial charge in [0.05, 0.1) is 6.54 Å². The zero-order valence-corrected chi connectivity index (χ0v) is 17.1. The molecule has 148 valence electrons. The van der Waals surface area contributed by atoms with Gasteiger partial charge in [0.25, 0.3) is 0 Å². The summed E-state index contributed by atoms with van der Waals surface area (Å²) in [6.07, 6.45) is 0.977. The van der Waals surface area contributed by atoms with Crippen LogP contribution in [-0.4, -0.2) is 29.8 Å². The Hall–Kier alpha value is -2.66. The summed E-state index contributed by atoms with van der Waals surface area (Å²) in [6.45, 7) is 9.63. The smallest absolute Gasteiger partial charge is 0.238 e. The molecule has 1 aliphatic rings. The molecule has 0 bridgehead atoms. The third-order valence-corrected chi connectivity index (χ3v) is 5.02. The topological polar surface area (TPSA) is 61.4 Å². The van der Waals surface area contributed by atoms with Crippen LogP contribution in [0.5, 0.6) is 0 Å². The summed E-state index contributed by atoms with van der Waals surface area (Å²) in [5, 5.41) is 5.92. The molecule has 0 fully saturated rings. The summed E-state index contributed by atoms with van der Waals surface area (Å²) in [5.41, 5.74) is 4.66. The SMILES string of the molecule is Cc1cc(NC(=O)CN2CCc3ccccc3C2)ccc1NC(=O)C(C)(C)C. The van der Waals surface area contributed by atoms with Crippen LogP contribution in [0.4, 0.5) is 11.4 Å². The van der Waals surface area contributed by atoms with Crippen molar-refractivity contribution in [2.45, 2.75) is 40.7 Å². The molecule has 0 aliphatic carbocycles. The predicted octanol–water partition coefficient (Wildman–Crippen LogP) is 3.98. The van der Waals surface area contributed by atoms with Gasteiger partial charge in [-0.2, -0.15) is 0 Å². The molecule has 0 radical (unpaired) electrons. The molecular formula is C23H29N3O2. The Labute approximate surface area is 167 Å². The van der Waals surface area contributed by atoms with Crippen LogP contribution in [0.25, 0.3) is 0 Å². The number of rotatable bonds is 4. The van der Waals surface area contributed by atoms with E-state index < -0.39 is 5.41 Å². The largest absolute Gasteiger partial charge is 0.325 e. The number of fused-ring (bicyclic) bond motifs is 1. The molecular weight excluding hydrogens is 350 g/mol. The summed E-state index contributed by atoms with van der Waals surface area (Å²) in [6, 6.07) is 14.0. The van der Waals surface area contributed by atoms with Crippen molar-refractivity contribution < 1.29 is 9.59 Å². The first-order valence-corrected chi connectivity index (χ1v) is 9.73. The van der Waals surface area contributed by atoms with Gasteiger partial charge in [-0.25, -0.2) is 0 Å². The van der Waals surface area contributed by atoms with Gasteiger partial charge in [-0.15, -0.1) is 0 Å². The molecule has 2 aromatic carbocycles.